The average Bonchev–Trinajstić information content (AvgIpc) is 3.74. The van der Waals surface area contributed by atoms with Crippen LogP contribution in [0.4, 0.5) is 0 Å². The first-order valence-electron chi connectivity index (χ1n) is 14.9. The third kappa shape index (κ3) is 5.46. The quantitative estimate of drug-likeness (QED) is 0.199. The summed E-state index contributed by atoms with van der Waals surface area (Å²) in [5.74, 6) is 2.13. The summed E-state index contributed by atoms with van der Waals surface area (Å²) < 4.78 is 36.6. The second-order valence-corrected chi connectivity index (χ2v) is 11.5. The summed E-state index contributed by atoms with van der Waals surface area (Å²) in [6, 6.07) is 10.7. The number of hydrogen-bond donors (Lipinski definition) is 1. The van der Waals surface area contributed by atoms with Crippen LogP contribution in [0, 0.1) is 5.92 Å². The lowest BCUT2D eigenvalue weighted by Crippen LogP contribution is -2.44. The van der Waals surface area contributed by atoms with Gasteiger partial charge in [0.15, 0.2) is 35.4 Å². The molecule has 0 unspecified atom stereocenters. The Kier molecular flexibility index (Phi) is 8.41. The number of benzene rings is 3. The summed E-state index contributed by atoms with van der Waals surface area (Å²) in [5, 5.41) is 25.2. The van der Waals surface area contributed by atoms with Crippen LogP contribution in [-0.4, -0.2) is 72.4 Å². The molecule has 0 spiro atoms. The lowest BCUT2D eigenvalue weighted by Gasteiger charge is -2.36. The van der Waals surface area contributed by atoms with Gasteiger partial charge >= 0.3 is 0 Å². The second kappa shape index (κ2) is 12.5. The highest BCUT2D eigenvalue weighted by atomic mass is 16.7. The summed E-state index contributed by atoms with van der Waals surface area (Å²) in [6.45, 7) is 5.15. The fraction of sp³-hybridized carbons (Fsp3) is 0.353. The van der Waals surface area contributed by atoms with E-state index in [1.807, 2.05) is 13.0 Å². The van der Waals surface area contributed by atoms with Crippen LogP contribution >= 0.6 is 0 Å². The maximum absolute atomic E-state index is 12.2. The fourth-order valence-electron chi connectivity index (χ4n) is 5.96. The van der Waals surface area contributed by atoms with E-state index in [4.69, 9.17) is 33.3 Å². The Morgan fingerprint density at radius 3 is 2.40 bits per heavy atom. The normalized spacial score (nSPS) is 18.9. The Bertz CT molecular complexity index is 1860. The molecule has 2 heterocycles. The van der Waals surface area contributed by atoms with Crippen molar-refractivity contribution in [3.05, 3.63) is 65.0 Å². The van der Waals surface area contributed by atoms with E-state index in [0.29, 0.717) is 68.9 Å². The molecule has 1 aliphatic heterocycles. The van der Waals surface area contributed by atoms with Gasteiger partial charge in [-0.1, -0.05) is 17.3 Å². The number of carbonyl (C=O) groups is 1. The molecule has 4 aromatic rings. The van der Waals surface area contributed by atoms with Gasteiger partial charge in [-0.25, -0.2) is 4.68 Å². The molecule has 1 aliphatic carbocycles. The molecular weight excluding hydrogens is 608 g/mol. The molecule has 3 aromatic carbocycles. The molecule has 246 valence electrons. The molecule has 0 radical (unpaired) electrons. The zero-order valence-corrected chi connectivity index (χ0v) is 27.2. The largest absolute Gasteiger partial charge is 0.493 e. The van der Waals surface area contributed by atoms with Gasteiger partial charge in [-0.05, 0) is 68.1 Å². The van der Waals surface area contributed by atoms with Crippen molar-refractivity contribution >= 4 is 11.5 Å². The summed E-state index contributed by atoms with van der Waals surface area (Å²) in [7, 11) is 6.13. The van der Waals surface area contributed by atoms with Crippen LogP contribution in [0.2, 0.25) is 0 Å². The number of carbonyl (C=O) groups excluding carboxylic acids is 1. The highest BCUT2D eigenvalue weighted by Gasteiger charge is 2.43. The zero-order chi connectivity index (χ0) is 33.5. The number of ether oxygens (including phenoxy) is 6. The van der Waals surface area contributed by atoms with Gasteiger partial charge in [0.05, 0.1) is 40.3 Å². The maximum Gasteiger partial charge on any atom is 0.231 e. The van der Waals surface area contributed by atoms with Gasteiger partial charge < -0.3 is 38.4 Å². The van der Waals surface area contributed by atoms with E-state index in [0.717, 1.165) is 11.3 Å². The average molecular weight is 645 g/mol. The molecule has 2 atom stereocenters. The Hall–Kier alpha value is -5.30. The predicted molar refractivity (Wildman–Crippen MR) is 170 cm³/mol. The number of ketones is 1. The second-order valence-electron chi connectivity index (χ2n) is 11.5. The van der Waals surface area contributed by atoms with Crippen molar-refractivity contribution in [3.63, 3.8) is 0 Å². The van der Waals surface area contributed by atoms with E-state index < -0.39 is 5.60 Å². The van der Waals surface area contributed by atoms with Crippen LogP contribution in [0.1, 0.15) is 48.0 Å². The van der Waals surface area contributed by atoms with E-state index in [9.17, 15) is 9.90 Å². The van der Waals surface area contributed by atoms with Crippen molar-refractivity contribution in [2.75, 3.05) is 35.2 Å². The molecule has 6 rings (SSSR count). The Balaban J connectivity index is 1.48. The number of aliphatic hydroxyl groups is 1. The Labute approximate surface area is 271 Å². The lowest BCUT2D eigenvalue weighted by molar-refractivity contribution is 0.0625. The van der Waals surface area contributed by atoms with Gasteiger partial charge in [-0.3, -0.25) is 4.79 Å². The van der Waals surface area contributed by atoms with Gasteiger partial charge in [-0.15, -0.1) is 5.10 Å². The number of nitrogens with zero attached hydrogens (tertiary/aromatic N) is 4. The van der Waals surface area contributed by atoms with Crippen LogP contribution < -0.4 is 28.4 Å². The number of rotatable bonds is 9. The van der Waals surface area contributed by atoms with E-state index in [2.05, 4.69) is 15.5 Å². The van der Waals surface area contributed by atoms with Gasteiger partial charge in [0.1, 0.15) is 17.0 Å². The summed E-state index contributed by atoms with van der Waals surface area (Å²) in [6.07, 6.45) is 2.12. The molecule has 2 aliphatic rings. The minimum atomic E-state index is -1.50. The lowest BCUT2D eigenvalue weighted by atomic mass is 9.73. The number of hydrogen-bond acceptors (Lipinski definition) is 12. The molecule has 1 N–H and O–H groups in total. The first kappa shape index (κ1) is 31.7. The zero-order valence-electron chi connectivity index (χ0n) is 27.2. The monoisotopic (exact) mass is 644 g/mol. The standard InChI is InChI=1S/C34H36N4O9/c1-18-12-21-13-26-30(46-17-45-26)31(43-6)27(21)28-24(14-25(41-4)29(42-5)32(28)44-7)33(34(18,3)40)36-47-16-22-15-38(37-35-22)23-10-8-20(9-11-23)19(2)39/h8-11,13-15,18,40H,12,16-17H2,1-7H3/b36-33+/t18-,34+/m0/s1. The molecular formula is C34H36N4O9. The first-order chi connectivity index (χ1) is 22.6. The molecule has 0 amide bonds. The molecule has 0 saturated heterocycles. The van der Waals surface area contributed by atoms with Gasteiger partial charge in [0.2, 0.25) is 18.3 Å². The van der Waals surface area contributed by atoms with E-state index in [-0.39, 0.29) is 30.8 Å². The summed E-state index contributed by atoms with van der Waals surface area (Å²) >= 11 is 0. The number of methoxy groups -OCH3 is 4. The van der Waals surface area contributed by atoms with Gasteiger partial charge in [-0.2, -0.15) is 0 Å². The van der Waals surface area contributed by atoms with Gasteiger partial charge in [0.25, 0.3) is 0 Å². The minimum absolute atomic E-state index is 0.0220. The number of Topliss-reactive ketones (excluding diaryl/α,β-unsaturated/α-hetero) is 1. The van der Waals surface area contributed by atoms with Crippen LogP contribution in [0.5, 0.6) is 34.5 Å². The molecule has 1 aromatic heterocycles. The third-order valence-electron chi connectivity index (χ3n) is 8.65. The Morgan fingerprint density at radius 1 is 1.02 bits per heavy atom. The van der Waals surface area contributed by atoms with Crippen molar-refractivity contribution in [3.8, 4) is 51.3 Å². The van der Waals surface area contributed by atoms with Crippen LogP contribution in [0.3, 0.4) is 0 Å². The first-order valence-corrected chi connectivity index (χ1v) is 14.9. The number of aromatic nitrogens is 3. The Morgan fingerprint density at radius 2 is 1.74 bits per heavy atom. The highest BCUT2D eigenvalue weighted by molar-refractivity contribution is 6.13. The van der Waals surface area contributed by atoms with Crippen molar-refractivity contribution < 1.29 is 43.2 Å². The SMILES string of the molecule is COc1cc2c(c(OC)c1OC)-c1c(cc3c(c1OC)OCO3)C[C@H](C)[C@@](C)(O)/C2=N/OCc1cn(-c2ccc(C(C)=O)cc2)nn1. The minimum Gasteiger partial charge on any atom is -0.493 e. The van der Waals surface area contributed by atoms with Gasteiger partial charge in [0, 0.05) is 22.3 Å². The van der Waals surface area contributed by atoms with E-state index in [1.54, 1.807) is 55.2 Å². The molecule has 0 saturated carbocycles. The summed E-state index contributed by atoms with van der Waals surface area (Å²) in [4.78, 5) is 17.5. The van der Waals surface area contributed by atoms with E-state index >= 15 is 0 Å². The maximum atomic E-state index is 12.2. The predicted octanol–water partition coefficient (Wildman–Crippen LogP) is 4.76. The number of fused-ring (bicyclic) bond motifs is 4. The van der Waals surface area contributed by atoms with Crippen molar-refractivity contribution in [2.45, 2.75) is 39.4 Å². The summed E-state index contributed by atoms with van der Waals surface area (Å²) in [5.41, 5.74) is 3.10. The number of oxime groups is 1. The molecule has 47 heavy (non-hydrogen) atoms. The van der Waals surface area contributed by atoms with Crippen molar-refractivity contribution in [1.29, 1.82) is 0 Å². The van der Waals surface area contributed by atoms with Crippen LogP contribution in [-0.2, 0) is 17.9 Å². The van der Waals surface area contributed by atoms with Crippen molar-refractivity contribution in [2.24, 2.45) is 11.1 Å². The van der Waals surface area contributed by atoms with Crippen LogP contribution in [0.25, 0.3) is 16.8 Å². The smallest absolute Gasteiger partial charge is 0.231 e. The van der Waals surface area contributed by atoms with Crippen molar-refractivity contribution in [1.82, 2.24) is 15.0 Å². The molecule has 13 heteroatoms. The molecule has 0 fully saturated rings. The molecule has 13 nitrogen and oxygen atoms in total. The van der Waals surface area contributed by atoms with E-state index in [1.165, 1.54) is 28.3 Å². The molecule has 0 bridgehead atoms. The fourth-order valence-corrected chi connectivity index (χ4v) is 5.96. The third-order valence-corrected chi connectivity index (χ3v) is 8.65. The topological polar surface area (TPSA) is 145 Å². The van der Waals surface area contributed by atoms with Crippen LogP contribution in [0.15, 0.2) is 47.8 Å². The highest BCUT2D eigenvalue weighted by Crippen LogP contribution is 2.57.